The van der Waals surface area contributed by atoms with Crippen LogP contribution < -0.4 is 4.90 Å². The number of fused-ring (bicyclic) bond motifs is 4. The second-order valence-electron chi connectivity index (χ2n) is 13.8. The van der Waals surface area contributed by atoms with Crippen LogP contribution in [0.2, 0.25) is 0 Å². The number of para-hydroxylation sites is 1. The molecule has 1 heterocycles. The van der Waals surface area contributed by atoms with Gasteiger partial charge in [-0.2, -0.15) is 0 Å². The zero-order valence-electron chi connectivity index (χ0n) is 29.6. The van der Waals surface area contributed by atoms with Crippen molar-refractivity contribution < 1.29 is 4.42 Å². The van der Waals surface area contributed by atoms with Crippen LogP contribution in [0, 0.1) is 0 Å². The van der Waals surface area contributed by atoms with Crippen molar-refractivity contribution >= 4 is 49.8 Å². The van der Waals surface area contributed by atoms with Crippen molar-refractivity contribution in [3.63, 3.8) is 0 Å². The topological polar surface area (TPSA) is 16.4 Å². The average Bonchev–Trinajstić information content (AvgIpc) is 3.63. The Balaban J connectivity index is 1.15. The van der Waals surface area contributed by atoms with Crippen LogP contribution in [0.1, 0.15) is 0 Å². The lowest BCUT2D eigenvalue weighted by atomic mass is 9.96. The SMILES string of the molecule is c1ccc(-c2cc(-c3ccccc3)cc(N(c3ccc(-c4cccc5ccccc45)cc3)c3cccc(-c4ccc5oc6ccccc6c5c4)c3)c2)cc1. The summed E-state index contributed by atoms with van der Waals surface area (Å²) in [5.41, 5.74) is 14.4. The lowest BCUT2D eigenvalue weighted by Crippen LogP contribution is -2.10. The van der Waals surface area contributed by atoms with Gasteiger partial charge in [0.1, 0.15) is 11.2 Å². The van der Waals surface area contributed by atoms with Crippen LogP contribution in [0.15, 0.2) is 217 Å². The predicted octanol–water partition coefficient (Wildman–Crippen LogP) is 14.9. The van der Waals surface area contributed by atoms with Gasteiger partial charge in [-0.25, -0.2) is 0 Å². The summed E-state index contributed by atoms with van der Waals surface area (Å²) in [5.74, 6) is 0. The van der Waals surface area contributed by atoms with E-state index in [0.29, 0.717) is 0 Å². The first-order valence-electron chi connectivity index (χ1n) is 18.4. The largest absolute Gasteiger partial charge is 0.456 e. The normalized spacial score (nSPS) is 11.3. The van der Waals surface area contributed by atoms with Crippen LogP contribution in [-0.4, -0.2) is 0 Å². The fraction of sp³-hybridized carbons (Fsp3) is 0. The van der Waals surface area contributed by atoms with E-state index in [1.165, 1.54) is 33.0 Å². The first kappa shape index (κ1) is 31.6. The van der Waals surface area contributed by atoms with E-state index in [2.05, 4.69) is 205 Å². The van der Waals surface area contributed by atoms with Gasteiger partial charge in [0.05, 0.1) is 0 Å². The molecule has 0 aliphatic heterocycles. The molecule has 0 aliphatic rings. The summed E-state index contributed by atoms with van der Waals surface area (Å²) in [6, 6.07) is 76.1. The zero-order chi connectivity index (χ0) is 35.8. The molecule has 1 aromatic heterocycles. The summed E-state index contributed by atoms with van der Waals surface area (Å²) in [6.07, 6.45) is 0. The van der Waals surface area contributed by atoms with E-state index in [4.69, 9.17) is 4.42 Å². The van der Waals surface area contributed by atoms with Gasteiger partial charge in [-0.1, -0.05) is 152 Å². The highest BCUT2D eigenvalue weighted by atomic mass is 16.3. The van der Waals surface area contributed by atoms with Crippen molar-refractivity contribution in [1.82, 2.24) is 0 Å². The maximum atomic E-state index is 6.17. The van der Waals surface area contributed by atoms with E-state index in [0.717, 1.165) is 61.3 Å². The van der Waals surface area contributed by atoms with Crippen LogP contribution >= 0.6 is 0 Å². The van der Waals surface area contributed by atoms with Gasteiger partial charge in [-0.15, -0.1) is 0 Å². The van der Waals surface area contributed by atoms with Gasteiger partial charge in [-0.05, 0) is 116 Å². The number of hydrogen-bond acceptors (Lipinski definition) is 2. The Morgan fingerprint density at radius 3 is 1.59 bits per heavy atom. The van der Waals surface area contributed by atoms with E-state index >= 15 is 0 Å². The molecule has 0 saturated heterocycles. The quantitative estimate of drug-likeness (QED) is 0.166. The van der Waals surface area contributed by atoms with Crippen LogP contribution in [0.5, 0.6) is 0 Å². The van der Waals surface area contributed by atoms with Gasteiger partial charge >= 0.3 is 0 Å². The number of hydrogen-bond donors (Lipinski definition) is 0. The summed E-state index contributed by atoms with van der Waals surface area (Å²) in [7, 11) is 0. The van der Waals surface area contributed by atoms with E-state index in [1.807, 2.05) is 12.1 Å². The third-order valence-corrected chi connectivity index (χ3v) is 10.4. The fourth-order valence-electron chi connectivity index (χ4n) is 7.78. The maximum absolute atomic E-state index is 6.17. The second kappa shape index (κ2) is 13.4. The molecule has 2 nitrogen and oxygen atoms in total. The molecule has 0 radical (unpaired) electrons. The van der Waals surface area contributed by atoms with Gasteiger partial charge in [0.25, 0.3) is 0 Å². The summed E-state index contributed by atoms with van der Waals surface area (Å²) >= 11 is 0. The Morgan fingerprint density at radius 2 is 0.833 bits per heavy atom. The van der Waals surface area contributed by atoms with Crippen molar-refractivity contribution in [2.75, 3.05) is 4.90 Å². The summed E-state index contributed by atoms with van der Waals surface area (Å²) in [6.45, 7) is 0. The van der Waals surface area contributed by atoms with Crippen LogP contribution in [-0.2, 0) is 0 Å². The minimum Gasteiger partial charge on any atom is -0.456 e. The molecule has 0 fully saturated rings. The van der Waals surface area contributed by atoms with Crippen LogP contribution in [0.25, 0.3) is 77.2 Å². The minimum absolute atomic E-state index is 0.898. The minimum atomic E-state index is 0.898. The van der Waals surface area contributed by atoms with E-state index in [1.54, 1.807) is 0 Å². The first-order valence-corrected chi connectivity index (χ1v) is 18.4. The molecule has 0 aliphatic carbocycles. The fourth-order valence-corrected chi connectivity index (χ4v) is 7.78. The van der Waals surface area contributed by atoms with Crippen molar-refractivity contribution in [3.8, 4) is 44.5 Å². The van der Waals surface area contributed by atoms with Gasteiger partial charge in [0.2, 0.25) is 0 Å². The molecule has 0 spiro atoms. The Kier molecular flexibility index (Phi) is 7.85. The third kappa shape index (κ3) is 5.81. The Labute approximate surface area is 314 Å². The molecule has 54 heavy (non-hydrogen) atoms. The molecule has 10 rings (SSSR count). The number of anilines is 3. The Bertz CT molecular complexity index is 2860. The van der Waals surface area contributed by atoms with Crippen molar-refractivity contribution in [2.24, 2.45) is 0 Å². The van der Waals surface area contributed by atoms with Gasteiger partial charge < -0.3 is 9.32 Å². The first-order chi connectivity index (χ1) is 26.7. The summed E-state index contributed by atoms with van der Waals surface area (Å²) < 4.78 is 6.17. The highest BCUT2D eigenvalue weighted by Gasteiger charge is 2.18. The second-order valence-corrected chi connectivity index (χ2v) is 13.8. The van der Waals surface area contributed by atoms with Gasteiger partial charge in [0, 0.05) is 27.8 Å². The standard InChI is InChI=1S/C52H35NO/c1-3-13-36(14-4-1)42-31-43(37-15-5-2-6-16-37)34-46(33-42)53(44-28-25-39(26-29-44)48-23-12-18-38-17-7-8-21-47(38)48)45-20-11-19-40(32-45)41-27-30-52-50(35-41)49-22-9-10-24-51(49)54-52/h1-35H. The molecular weight excluding hydrogens is 655 g/mol. The number of benzene rings is 9. The molecular formula is C52H35NO. The molecule has 0 bridgehead atoms. The Hall–Kier alpha value is -7.16. The third-order valence-electron chi connectivity index (χ3n) is 10.4. The number of rotatable bonds is 7. The van der Waals surface area contributed by atoms with Crippen LogP contribution in [0.3, 0.4) is 0 Å². The lowest BCUT2D eigenvalue weighted by molar-refractivity contribution is 0.669. The molecule has 0 saturated carbocycles. The number of furan rings is 1. The van der Waals surface area contributed by atoms with Crippen molar-refractivity contribution in [1.29, 1.82) is 0 Å². The van der Waals surface area contributed by atoms with E-state index < -0.39 is 0 Å². The molecule has 0 amide bonds. The average molecular weight is 690 g/mol. The van der Waals surface area contributed by atoms with Gasteiger partial charge in [0.15, 0.2) is 0 Å². The van der Waals surface area contributed by atoms with Crippen molar-refractivity contribution in [2.45, 2.75) is 0 Å². The molecule has 254 valence electrons. The summed E-state index contributed by atoms with van der Waals surface area (Å²) in [5, 5.41) is 4.75. The predicted molar refractivity (Wildman–Crippen MR) is 228 cm³/mol. The van der Waals surface area contributed by atoms with E-state index in [-0.39, 0.29) is 0 Å². The highest BCUT2D eigenvalue weighted by molar-refractivity contribution is 6.06. The molecule has 0 N–H and O–H groups in total. The Morgan fingerprint density at radius 1 is 0.278 bits per heavy atom. The number of nitrogens with zero attached hydrogens (tertiary/aromatic N) is 1. The monoisotopic (exact) mass is 689 g/mol. The maximum Gasteiger partial charge on any atom is 0.135 e. The zero-order valence-corrected chi connectivity index (χ0v) is 29.6. The lowest BCUT2D eigenvalue weighted by Gasteiger charge is -2.27. The molecule has 9 aromatic carbocycles. The molecule has 0 atom stereocenters. The van der Waals surface area contributed by atoms with Crippen molar-refractivity contribution in [3.05, 3.63) is 212 Å². The van der Waals surface area contributed by atoms with E-state index in [9.17, 15) is 0 Å². The highest BCUT2D eigenvalue weighted by Crippen LogP contribution is 2.42. The van der Waals surface area contributed by atoms with Crippen LogP contribution in [0.4, 0.5) is 17.1 Å². The molecule has 10 aromatic rings. The smallest absolute Gasteiger partial charge is 0.135 e. The molecule has 0 unspecified atom stereocenters. The summed E-state index contributed by atoms with van der Waals surface area (Å²) in [4.78, 5) is 2.39. The van der Waals surface area contributed by atoms with Gasteiger partial charge in [-0.3, -0.25) is 0 Å². The molecule has 2 heteroatoms.